The Morgan fingerprint density at radius 2 is 2.12 bits per heavy atom. The van der Waals surface area contributed by atoms with Gasteiger partial charge in [-0.3, -0.25) is 4.79 Å². The molecule has 0 aliphatic rings. The zero-order chi connectivity index (χ0) is 16.8. The Labute approximate surface area is 153 Å². The number of nitrogens with zero attached hydrogens (tertiary/aromatic N) is 1. The van der Waals surface area contributed by atoms with Gasteiger partial charge in [-0.1, -0.05) is 35.5 Å². The second-order valence-electron chi connectivity index (χ2n) is 5.05. The summed E-state index contributed by atoms with van der Waals surface area (Å²) in [5.74, 6) is 1.50. The summed E-state index contributed by atoms with van der Waals surface area (Å²) < 4.78 is 6.14. The largest absolute Gasteiger partial charge is 0.467 e. The van der Waals surface area contributed by atoms with E-state index in [4.69, 9.17) is 16.0 Å². The maximum Gasteiger partial charge on any atom is 0.226 e. The first kappa shape index (κ1) is 17.1. The van der Waals surface area contributed by atoms with Gasteiger partial charge in [-0.05, 0) is 29.8 Å². The Kier molecular flexibility index (Phi) is 5.96. The van der Waals surface area contributed by atoms with Crippen LogP contribution in [-0.2, 0) is 23.5 Å². The maximum absolute atomic E-state index is 11.9. The molecule has 2 heterocycles. The quantitative estimate of drug-likeness (QED) is 0.613. The van der Waals surface area contributed by atoms with Crippen molar-refractivity contribution in [1.82, 2.24) is 10.3 Å². The van der Waals surface area contributed by atoms with Crippen LogP contribution in [0.15, 0.2) is 56.8 Å². The highest BCUT2D eigenvalue weighted by molar-refractivity contribution is 8.00. The van der Waals surface area contributed by atoms with E-state index in [1.807, 2.05) is 35.7 Å². The van der Waals surface area contributed by atoms with E-state index in [0.717, 1.165) is 26.6 Å². The average molecular weight is 379 g/mol. The van der Waals surface area contributed by atoms with Gasteiger partial charge in [0, 0.05) is 16.2 Å². The van der Waals surface area contributed by atoms with Crippen molar-refractivity contribution < 1.29 is 9.21 Å². The zero-order valence-electron chi connectivity index (χ0n) is 12.7. The highest BCUT2D eigenvalue weighted by Crippen LogP contribution is 2.26. The first-order valence-electron chi connectivity index (χ1n) is 7.30. The van der Waals surface area contributed by atoms with Gasteiger partial charge >= 0.3 is 0 Å². The Morgan fingerprint density at radius 3 is 2.88 bits per heavy atom. The Bertz CT molecular complexity index is 785. The van der Waals surface area contributed by atoms with Crippen LogP contribution in [0.4, 0.5) is 0 Å². The molecule has 0 spiro atoms. The van der Waals surface area contributed by atoms with Gasteiger partial charge in [0.05, 0.1) is 24.9 Å². The number of thioether (sulfide) groups is 1. The van der Waals surface area contributed by atoms with E-state index in [2.05, 4.69) is 10.3 Å². The third-order valence-electron chi connectivity index (χ3n) is 3.19. The minimum Gasteiger partial charge on any atom is -0.467 e. The van der Waals surface area contributed by atoms with Crippen LogP contribution >= 0.6 is 34.7 Å². The topological polar surface area (TPSA) is 55.1 Å². The van der Waals surface area contributed by atoms with E-state index in [0.29, 0.717) is 6.54 Å². The third kappa shape index (κ3) is 5.12. The highest BCUT2D eigenvalue weighted by atomic mass is 35.5. The lowest BCUT2D eigenvalue weighted by Gasteiger charge is -2.01. The van der Waals surface area contributed by atoms with E-state index in [1.165, 1.54) is 5.56 Å². The number of hydrogen-bond acceptors (Lipinski definition) is 5. The fourth-order valence-electron chi connectivity index (χ4n) is 1.99. The summed E-state index contributed by atoms with van der Waals surface area (Å²) >= 11 is 9.09. The molecular weight excluding hydrogens is 364 g/mol. The molecule has 0 aliphatic carbocycles. The van der Waals surface area contributed by atoms with E-state index < -0.39 is 0 Å². The lowest BCUT2D eigenvalue weighted by Crippen LogP contribution is -2.24. The number of rotatable bonds is 7. The number of furan rings is 1. The first-order chi connectivity index (χ1) is 11.7. The van der Waals surface area contributed by atoms with Crippen molar-refractivity contribution in [3.05, 3.63) is 70.1 Å². The van der Waals surface area contributed by atoms with Gasteiger partial charge in [-0.2, -0.15) is 0 Å². The van der Waals surface area contributed by atoms with Crippen molar-refractivity contribution in [1.29, 1.82) is 0 Å². The van der Waals surface area contributed by atoms with Crippen LogP contribution in [0.1, 0.15) is 17.0 Å². The fraction of sp³-hybridized carbons (Fsp3) is 0.176. The minimum atomic E-state index is -0.0639. The van der Waals surface area contributed by atoms with E-state index in [-0.39, 0.29) is 12.3 Å². The summed E-state index contributed by atoms with van der Waals surface area (Å²) in [5, 5.41) is 5.48. The number of aromatic nitrogens is 1. The van der Waals surface area contributed by atoms with Crippen LogP contribution in [0, 0.1) is 0 Å². The van der Waals surface area contributed by atoms with Gasteiger partial charge in [0.15, 0.2) is 0 Å². The Morgan fingerprint density at radius 1 is 1.29 bits per heavy atom. The van der Waals surface area contributed by atoms with Crippen molar-refractivity contribution in [3.8, 4) is 0 Å². The summed E-state index contributed by atoms with van der Waals surface area (Å²) in [5.41, 5.74) is 1.98. The number of amides is 1. The average Bonchev–Trinajstić information content (AvgIpc) is 3.24. The molecule has 0 atom stereocenters. The summed E-state index contributed by atoms with van der Waals surface area (Å²) in [6, 6.07) is 11.4. The molecule has 0 bridgehead atoms. The number of hydrogen-bond donors (Lipinski definition) is 1. The summed E-state index contributed by atoms with van der Waals surface area (Å²) in [6.07, 6.45) is 1.87. The predicted molar refractivity (Wildman–Crippen MR) is 97.4 cm³/mol. The van der Waals surface area contributed by atoms with Crippen LogP contribution in [0.2, 0.25) is 5.02 Å². The van der Waals surface area contributed by atoms with Crippen LogP contribution in [0.5, 0.6) is 0 Å². The molecule has 4 nitrogen and oxygen atoms in total. The van der Waals surface area contributed by atoms with Crippen LogP contribution in [-0.4, -0.2) is 10.9 Å². The molecule has 1 amide bonds. The molecule has 1 N–H and O–H groups in total. The smallest absolute Gasteiger partial charge is 0.226 e. The lowest BCUT2D eigenvalue weighted by molar-refractivity contribution is -0.120. The van der Waals surface area contributed by atoms with Gasteiger partial charge in [-0.25, -0.2) is 4.98 Å². The van der Waals surface area contributed by atoms with Crippen molar-refractivity contribution >= 4 is 40.6 Å². The van der Waals surface area contributed by atoms with Crippen LogP contribution in [0.3, 0.4) is 0 Å². The van der Waals surface area contributed by atoms with Crippen molar-refractivity contribution in [3.63, 3.8) is 0 Å². The molecule has 0 radical (unpaired) electrons. The predicted octanol–water partition coefficient (Wildman–Crippen LogP) is 4.54. The van der Waals surface area contributed by atoms with Crippen molar-refractivity contribution in [2.45, 2.75) is 23.1 Å². The van der Waals surface area contributed by atoms with Crippen LogP contribution < -0.4 is 5.32 Å². The number of carbonyl (C=O) groups excluding carboxylic acids is 1. The number of carbonyl (C=O) groups is 1. The minimum absolute atomic E-state index is 0.0639. The van der Waals surface area contributed by atoms with Gasteiger partial charge in [-0.15, -0.1) is 11.3 Å². The maximum atomic E-state index is 11.9. The zero-order valence-corrected chi connectivity index (χ0v) is 15.1. The monoisotopic (exact) mass is 378 g/mol. The van der Waals surface area contributed by atoms with Crippen molar-refractivity contribution in [2.24, 2.45) is 0 Å². The molecule has 0 unspecified atom stereocenters. The molecule has 0 fully saturated rings. The second kappa shape index (κ2) is 8.37. The lowest BCUT2D eigenvalue weighted by atomic mass is 10.2. The fourth-order valence-corrected chi connectivity index (χ4v) is 3.91. The Hall–Kier alpha value is -1.76. The molecule has 3 rings (SSSR count). The standard InChI is InChI=1S/C17H15ClN2O2S2/c18-13-5-3-12(4-6-13)10-23-17-20-14(11-24-17)8-16(21)19-9-15-2-1-7-22-15/h1-7,11H,8-10H2,(H,19,21). The summed E-state index contributed by atoms with van der Waals surface area (Å²) in [4.78, 5) is 16.4. The van der Waals surface area contributed by atoms with Gasteiger partial charge in [0.25, 0.3) is 0 Å². The van der Waals surface area contributed by atoms with Gasteiger partial charge < -0.3 is 9.73 Å². The summed E-state index contributed by atoms with van der Waals surface area (Å²) in [7, 11) is 0. The van der Waals surface area contributed by atoms with Crippen LogP contribution in [0.25, 0.3) is 0 Å². The second-order valence-corrected chi connectivity index (χ2v) is 7.57. The molecule has 1 aromatic carbocycles. The van der Waals surface area contributed by atoms with Gasteiger partial charge in [0.1, 0.15) is 10.1 Å². The molecule has 0 saturated carbocycles. The third-order valence-corrected chi connectivity index (χ3v) is 5.58. The number of halogens is 1. The molecule has 7 heteroatoms. The first-order valence-corrected chi connectivity index (χ1v) is 9.54. The molecule has 124 valence electrons. The number of benzene rings is 1. The van der Waals surface area contributed by atoms with E-state index >= 15 is 0 Å². The van der Waals surface area contributed by atoms with Crippen molar-refractivity contribution in [2.75, 3.05) is 0 Å². The number of nitrogens with one attached hydrogen (secondary N) is 1. The summed E-state index contributed by atoms with van der Waals surface area (Å²) in [6.45, 7) is 0.397. The molecule has 0 aliphatic heterocycles. The molecule has 2 aromatic heterocycles. The number of thiazole rings is 1. The molecule has 0 saturated heterocycles. The molecule has 3 aromatic rings. The highest BCUT2D eigenvalue weighted by Gasteiger charge is 2.09. The molecular formula is C17H15ClN2O2S2. The molecule has 24 heavy (non-hydrogen) atoms. The van der Waals surface area contributed by atoms with E-state index in [9.17, 15) is 4.79 Å². The normalized spacial score (nSPS) is 10.7. The van der Waals surface area contributed by atoms with Gasteiger partial charge in [0.2, 0.25) is 5.91 Å². The van der Waals surface area contributed by atoms with E-state index in [1.54, 1.807) is 35.4 Å². The SMILES string of the molecule is O=C(Cc1csc(SCc2ccc(Cl)cc2)n1)NCc1ccco1. The Balaban J connectivity index is 1.46.